The van der Waals surface area contributed by atoms with Gasteiger partial charge in [0, 0.05) is 22.8 Å². The summed E-state index contributed by atoms with van der Waals surface area (Å²) in [5.74, 6) is -1.54. The molecular formula is C20H23N3O3. The maximum Gasteiger partial charge on any atom is 0.250 e. The molecule has 3 amide bonds. The van der Waals surface area contributed by atoms with Crippen molar-refractivity contribution < 1.29 is 14.4 Å². The Balaban J connectivity index is 1.76. The Morgan fingerprint density at radius 1 is 1.12 bits per heavy atom. The van der Waals surface area contributed by atoms with Crippen molar-refractivity contribution in [1.29, 1.82) is 0 Å². The fraction of sp³-hybridized carbons (Fsp3) is 0.550. The van der Waals surface area contributed by atoms with Gasteiger partial charge < -0.3 is 5.32 Å². The molecule has 0 bridgehead atoms. The topological polar surface area (TPSA) is 69.7 Å². The summed E-state index contributed by atoms with van der Waals surface area (Å²) in [6.45, 7) is 6.39. The second-order valence-electron chi connectivity index (χ2n) is 8.86. The molecule has 1 spiro atoms. The summed E-state index contributed by atoms with van der Waals surface area (Å²) in [5.41, 5.74) is -0.0213. The van der Waals surface area contributed by atoms with E-state index in [0.29, 0.717) is 0 Å². The Kier molecular flexibility index (Phi) is 2.92. The molecule has 3 saturated heterocycles. The maximum absolute atomic E-state index is 13.5. The van der Waals surface area contributed by atoms with E-state index in [9.17, 15) is 14.4 Å². The molecule has 3 fully saturated rings. The standard InChI is InChI=1S/C20H23N3O3/c1-19(2,3)23-16(24)14-13-9-6-10-22(13)20(15(14)17(23)25)11-7-4-5-8-12(11)21-18(20)26/h4-5,7-8,13-15H,6,9-10H2,1-3H3,(H,21,26). The van der Waals surface area contributed by atoms with Gasteiger partial charge in [0.15, 0.2) is 0 Å². The summed E-state index contributed by atoms with van der Waals surface area (Å²) in [5, 5.41) is 2.98. The molecule has 136 valence electrons. The first-order chi connectivity index (χ1) is 12.3. The molecule has 26 heavy (non-hydrogen) atoms. The zero-order valence-corrected chi connectivity index (χ0v) is 15.3. The average Bonchev–Trinajstić information content (AvgIpc) is 3.24. The third kappa shape index (κ3) is 1.60. The van der Waals surface area contributed by atoms with Gasteiger partial charge in [-0.3, -0.25) is 24.2 Å². The van der Waals surface area contributed by atoms with E-state index in [4.69, 9.17) is 0 Å². The monoisotopic (exact) mass is 353 g/mol. The molecule has 6 nitrogen and oxygen atoms in total. The number of hydrogen-bond donors (Lipinski definition) is 1. The third-order valence-corrected chi connectivity index (χ3v) is 6.57. The number of rotatable bonds is 0. The molecule has 0 aliphatic carbocycles. The van der Waals surface area contributed by atoms with E-state index >= 15 is 0 Å². The van der Waals surface area contributed by atoms with E-state index in [1.165, 1.54) is 4.90 Å². The molecule has 4 aliphatic rings. The summed E-state index contributed by atoms with van der Waals surface area (Å²) >= 11 is 0. The number of benzene rings is 1. The van der Waals surface area contributed by atoms with Crippen LogP contribution in [0.2, 0.25) is 0 Å². The van der Waals surface area contributed by atoms with Crippen LogP contribution < -0.4 is 5.32 Å². The lowest BCUT2D eigenvalue weighted by Crippen LogP contribution is -2.56. The molecular weight excluding hydrogens is 330 g/mol. The highest BCUT2D eigenvalue weighted by Crippen LogP contribution is 2.60. The molecule has 0 saturated carbocycles. The first-order valence-corrected chi connectivity index (χ1v) is 9.35. The van der Waals surface area contributed by atoms with Gasteiger partial charge in [0.25, 0.3) is 0 Å². The highest BCUT2D eigenvalue weighted by atomic mass is 16.2. The van der Waals surface area contributed by atoms with Crippen molar-refractivity contribution in [3.05, 3.63) is 29.8 Å². The number of amides is 3. The Labute approximate surface area is 152 Å². The minimum Gasteiger partial charge on any atom is -0.324 e. The van der Waals surface area contributed by atoms with Crippen molar-refractivity contribution in [2.45, 2.75) is 50.7 Å². The number of likely N-dealkylation sites (tertiary alicyclic amines) is 1. The van der Waals surface area contributed by atoms with Crippen LogP contribution in [0.15, 0.2) is 24.3 Å². The van der Waals surface area contributed by atoms with Gasteiger partial charge in [-0.1, -0.05) is 18.2 Å². The summed E-state index contributed by atoms with van der Waals surface area (Å²) in [7, 11) is 0. The number of hydrogen-bond acceptors (Lipinski definition) is 4. The van der Waals surface area contributed by atoms with Gasteiger partial charge >= 0.3 is 0 Å². The van der Waals surface area contributed by atoms with Gasteiger partial charge in [-0.25, -0.2) is 0 Å². The van der Waals surface area contributed by atoms with E-state index in [1.807, 2.05) is 45.0 Å². The van der Waals surface area contributed by atoms with Gasteiger partial charge in [0.1, 0.15) is 5.54 Å². The SMILES string of the molecule is CC(C)(C)N1C(=O)C2C3CCCN3C3(C(=O)Nc4ccccc43)C2C1=O. The molecule has 0 aromatic heterocycles. The molecule has 4 unspecified atom stereocenters. The Hall–Kier alpha value is -2.21. The Bertz CT molecular complexity index is 858. The van der Waals surface area contributed by atoms with Crippen LogP contribution in [0.4, 0.5) is 5.69 Å². The fourth-order valence-corrected chi connectivity index (χ4v) is 5.82. The third-order valence-electron chi connectivity index (χ3n) is 6.57. The van der Waals surface area contributed by atoms with Gasteiger partial charge in [-0.2, -0.15) is 0 Å². The summed E-state index contributed by atoms with van der Waals surface area (Å²) in [6.07, 6.45) is 1.80. The van der Waals surface area contributed by atoms with E-state index in [0.717, 1.165) is 30.6 Å². The number of carbonyl (C=O) groups excluding carboxylic acids is 3. The molecule has 6 heteroatoms. The largest absolute Gasteiger partial charge is 0.324 e. The zero-order valence-electron chi connectivity index (χ0n) is 15.3. The second-order valence-corrected chi connectivity index (χ2v) is 8.86. The predicted octanol–water partition coefficient (Wildman–Crippen LogP) is 1.71. The number of carbonyl (C=O) groups is 3. The van der Waals surface area contributed by atoms with E-state index in [-0.39, 0.29) is 23.8 Å². The van der Waals surface area contributed by atoms with Crippen LogP contribution in [-0.4, -0.2) is 45.6 Å². The van der Waals surface area contributed by atoms with Gasteiger partial charge in [0.05, 0.1) is 11.8 Å². The van der Waals surface area contributed by atoms with Crippen LogP contribution >= 0.6 is 0 Å². The van der Waals surface area contributed by atoms with Crippen molar-refractivity contribution >= 4 is 23.4 Å². The Morgan fingerprint density at radius 3 is 2.58 bits per heavy atom. The molecule has 4 atom stereocenters. The molecule has 1 N–H and O–H groups in total. The lowest BCUT2D eigenvalue weighted by atomic mass is 9.75. The van der Waals surface area contributed by atoms with Crippen LogP contribution in [0.3, 0.4) is 0 Å². The highest BCUT2D eigenvalue weighted by Gasteiger charge is 2.75. The van der Waals surface area contributed by atoms with Crippen molar-refractivity contribution in [2.75, 3.05) is 11.9 Å². The van der Waals surface area contributed by atoms with Crippen LogP contribution in [0.25, 0.3) is 0 Å². The summed E-state index contributed by atoms with van der Waals surface area (Å²) in [4.78, 5) is 43.7. The van der Waals surface area contributed by atoms with E-state index < -0.39 is 22.9 Å². The number of fused-ring (bicyclic) bond motifs is 7. The van der Waals surface area contributed by atoms with Gasteiger partial charge in [-0.15, -0.1) is 0 Å². The minimum atomic E-state index is -1.05. The summed E-state index contributed by atoms with van der Waals surface area (Å²) in [6, 6.07) is 7.56. The number of nitrogens with one attached hydrogen (secondary N) is 1. The minimum absolute atomic E-state index is 0.0410. The lowest BCUT2D eigenvalue weighted by molar-refractivity contribution is -0.150. The van der Waals surface area contributed by atoms with Crippen molar-refractivity contribution in [1.82, 2.24) is 9.80 Å². The summed E-state index contributed by atoms with van der Waals surface area (Å²) < 4.78 is 0. The lowest BCUT2D eigenvalue weighted by Gasteiger charge is -2.38. The number of para-hydroxylation sites is 1. The quantitative estimate of drug-likeness (QED) is 0.721. The van der Waals surface area contributed by atoms with Crippen molar-refractivity contribution in [3.8, 4) is 0 Å². The van der Waals surface area contributed by atoms with Crippen molar-refractivity contribution in [3.63, 3.8) is 0 Å². The van der Waals surface area contributed by atoms with E-state index in [1.54, 1.807) is 0 Å². The number of imide groups is 1. The normalized spacial score (nSPS) is 35.9. The van der Waals surface area contributed by atoms with Crippen LogP contribution in [0.5, 0.6) is 0 Å². The molecule has 4 aliphatic heterocycles. The number of anilines is 1. The predicted molar refractivity (Wildman–Crippen MR) is 95.1 cm³/mol. The molecule has 1 aromatic carbocycles. The first-order valence-electron chi connectivity index (χ1n) is 9.35. The fourth-order valence-electron chi connectivity index (χ4n) is 5.82. The van der Waals surface area contributed by atoms with Gasteiger partial charge in [-0.05, 0) is 46.2 Å². The maximum atomic E-state index is 13.5. The smallest absolute Gasteiger partial charge is 0.250 e. The van der Waals surface area contributed by atoms with Crippen LogP contribution in [0.1, 0.15) is 39.2 Å². The zero-order chi connectivity index (χ0) is 18.4. The molecule has 0 radical (unpaired) electrons. The first kappa shape index (κ1) is 16.0. The molecule has 1 aromatic rings. The van der Waals surface area contributed by atoms with E-state index in [2.05, 4.69) is 10.2 Å². The number of nitrogens with zero attached hydrogens (tertiary/aromatic N) is 2. The van der Waals surface area contributed by atoms with Crippen LogP contribution in [0, 0.1) is 11.8 Å². The second kappa shape index (κ2) is 4.74. The average molecular weight is 353 g/mol. The van der Waals surface area contributed by atoms with Crippen molar-refractivity contribution in [2.24, 2.45) is 11.8 Å². The Morgan fingerprint density at radius 2 is 1.85 bits per heavy atom. The van der Waals surface area contributed by atoms with Crippen LogP contribution in [-0.2, 0) is 19.9 Å². The molecule has 4 heterocycles. The van der Waals surface area contributed by atoms with Gasteiger partial charge in [0.2, 0.25) is 17.7 Å². The molecule has 5 rings (SSSR count). The highest BCUT2D eigenvalue weighted by molar-refractivity contribution is 6.15.